The zero-order valence-corrected chi connectivity index (χ0v) is 8.59. The first-order valence-corrected chi connectivity index (χ1v) is 4.78. The van der Waals surface area contributed by atoms with E-state index in [1.54, 1.807) is 0 Å². The van der Waals surface area contributed by atoms with Crippen molar-refractivity contribution in [2.45, 2.75) is 34.1 Å². The van der Waals surface area contributed by atoms with Crippen LogP contribution in [-0.4, -0.2) is 11.7 Å². The molecule has 2 unspecified atom stereocenters. The second kappa shape index (κ2) is 3.21. The van der Waals surface area contributed by atoms with Crippen molar-refractivity contribution in [2.75, 3.05) is 6.61 Å². The van der Waals surface area contributed by atoms with Crippen LogP contribution in [0.4, 0.5) is 0 Å². The first kappa shape index (κ1) is 9.79. The van der Waals surface area contributed by atoms with Gasteiger partial charge in [-0.2, -0.15) is 0 Å². The average Bonchev–Trinajstić information content (AvgIpc) is 2.27. The fraction of sp³-hybridized carbons (Fsp3) is 0.818. The standard InChI is InChI=1S/C11H20O/c1-8(7-12)10-6-5-9(2)11(10,3)4/h5,8,10,12H,6-7H2,1-4H3. The molecule has 0 spiro atoms. The fourth-order valence-electron chi connectivity index (χ4n) is 2.22. The maximum Gasteiger partial charge on any atom is 0.0459 e. The van der Waals surface area contributed by atoms with E-state index >= 15 is 0 Å². The Hall–Kier alpha value is -0.300. The SMILES string of the molecule is CC1=CCC(C(C)CO)C1(C)C. The van der Waals surface area contributed by atoms with E-state index < -0.39 is 0 Å². The van der Waals surface area contributed by atoms with Crippen LogP contribution in [0.25, 0.3) is 0 Å². The monoisotopic (exact) mass is 168 g/mol. The van der Waals surface area contributed by atoms with E-state index in [1.807, 2.05) is 0 Å². The molecule has 0 fully saturated rings. The molecule has 1 rings (SSSR count). The van der Waals surface area contributed by atoms with E-state index in [-0.39, 0.29) is 0 Å². The van der Waals surface area contributed by atoms with Gasteiger partial charge >= 0.3 is 0 Å². The van der Waals surface area contributed by atoms with Crippen LogP contribution in [0.15, 0.2) is 11.6 Å². The molecule has 0 amide bonds. The Kier molecular flexibility index (Phi) is 2.62. The lowest BCUT2D eigenvalue weighted by molar-refractivity contribution is 0.133. The summed E-state index contributed by atoms with van der Waals surface area (Å²) >= 11 is 0. The van der Waals surface area contributed by atoms with Gasteiger partial charge < -0.3 is 5.11 Å². The minimum Gasteiger partial charge on any atom is -0.396 e. The minimum atomic E-state index is 0.294. The third-order valence-corrected chi connectivity index (χ3v) is 3.60. The van der Waals surface area contributed by atoms with Crippen molar-refractivity contribution in [2.24, 2.45) is 17.3 Å². The number of hydrogen-bond donors (Lipinski definition) is 1. The van der Waals surface area contributed by atoms with Crippen LogP contribution in [-0.2, 0) is 0 Å². The molecule has 1 aliphatic carbocycles. The molecule has 1 nitrogen and oxygen atoms in total. The smallest absolute Gasteiger partial charge is 0.0459 e. The Balaban J connectivity index is 2.73. The molecule has 2 atom stereocenters. The van der Waals surface area contributed by atoms with Gasteiger partial charge in [-0.15, -0.1) is 0 Å². The van der Waals surface area contributed by atoms with Crippen LogP contribution in [0.5, 0.6) is 0 Å². The topological polar surface area (TPSA) is 20.2 Å². The van der Waals surface area contributed by atoms with Crippen molar-refractivity contribution in [3.05, 3.63) is 11.6 Å². The summed E-state index contributed by atoms with van der Waals surface area (Å²) in [6.07, 6.45) is 3.46. The molecule has 0 aromatic carbocycles. The Morgan fingerprint density at radius 3 is 2.58 bits per heavy atom. The zero-order valence-electron chi connectivity index (χ0n) is 8.59. The molecule has 1 N–H and O–H groups in total. The van der Waals surface area contributed by atoms with Gasteiger partial charge in [0.05, 0.1) is 0 Å². The van der Waals surface area contributed by atoms with Gasteiger partial charge in [-0.1, -0.05) is 32.4 Å². The number of rotatable bonds is 2. The first-order chi connectivity index (χ1) is 5.50. The summed E-state index contributed by atoms with van der Waals surface area (Å²) in [5.41, 5.74) is 1.77. The van der Waals surface area contributed by atoms with E-state index in [2.05, 4.69) is 33.8 Å². The molecule has 0 aliphatic heterocycles. The summed E-state index contributed by atoms with van der Waals surface area (Å²) < 4.78 is 0. The quantitative estimate of drug-likeness (QED) is 0.628. The second-order valence-electron chi connectivity index (χ2n) is 4.61. The third-order valence-electron chi connectivity index (χ3n) is 3.60. The summed E-state index contributed by atoms with van der Waals surface area (Å²) in [4.78, 5) is 0. The highest BCUT2D eigenvalue weighted by molar-refractivity contribution is 5.18. The van der Waals surface area contributed by atoms with Crippen molar-refractivity contribution < 1.29 is 5.11 Å². The van der Waals surface area contributed by atoms with E-state index in [1.165, 1.54) is 5.57 Å². The summed E-state index contributed by atoms with van der Waals surface area (Å²) in [6.45, 7) is 9.21. The average molecular weight is 168 g/mol. The highest BCUT2D eigenvalue weighted by atomic mass is 16.3. The van der Waals surface area contributed by atoms with Gasteiger partial charge in [0.15, 0.2) is 0 Å². The van der Waals surface area contributed by atoms with E-state index in [9.17, 15) is 0 Å². The van der Waals surface area contributed by atoms with Gasteiger partial charge in [-0.05, 0) is 30.6 Å². The van der Waals surface area contributed by atoms with Gasteiger partial charge in [0.1, 0.15) is 0 Å². The van der Waals surface area contributed by atoms with Crippen molar-refractivity contribution in [3.8, 4) is 0 Å². The molecule has 70 valence electrons. The molecule has 0 radical (unpaired) electrons. The molecule has 0 bridgehead atoms. The Labute approximate surface area is 75.5 Å². The summed E-state index contributed by atoms with van der Waals surface area (Å²) in [5, 5.41) is 9.09. The van der Waals surface area contributed by atoms with Crippen molar-refractivity contribution in [1.82, 2.24) is 0 Å². The molecular weight excluding hydrogens is 148 g/mol. The Morgan fingerprint density at radius 2 is 2.25 bits per heavy atom. The minimum absolute atomic E-state index is 0.294. The molecule has 0 heterocycles. The first-order valence-electron chi connectivity index (χ1n) is 4.78. The molecule has 0 aromatic heterocycles. The highest BCUT2D eigenvalue weighted by Gasteiger charge is 2.37. The van der Waals surface area contributed by atoms with Crippen LogP contribution in [0.3, 0.4) is 0 Å². The second-order valence-corrected chi connectivity index (χ2v) is 4.61. The van der Waals surface area contributed by atoms with E-state index in [0.29, 0.717) is 23.9 Å². The van der Waals surface area contributed by atoms with Gasteiger partial charge in [0, 0.05) is 6.61 Å². The lowest BCUT2D eigenvalue weighted by atomic mass is 9.72. The lowest BCUT2D eigenvalue weighted by Gasteiger charge is -2.33. The van der Waals surface area contributed by atoms with Crippen LogP contribution in [0.1, 0.15) is 34.1 Å². The van der Waals surface area contributed by atoms with Crippen LogP contribution in [0.2, 0.25) is 0 Å². The Bertz CT molecular complexity index is 191. The molecule has 0 saturated carbocycles. The summed E-state index contributed by atoms with van der Waals surface area (Å²) in [7, 11) is 0. The number of aliphatic hydroxyl groups is 1. The van der Waals surface area contributed by atoms with Crippen molar-refractivity contribution in [1.29, 1.82) is 0 Å². The predicted octanol–water partition coefficient (Wildman–Crippen LogP) is 2.61. The fourth-order valence-corrected chi connectivity index (χ4v) is 2.22. The molecule has 0 aromatic rings. The maximum absolute atomic E-state index is 9.09. The Morgan fingerprint density at radius 1 is 1.67 bits per heavy atom. The van der Waals surface area contributed by atoms with Gasteiger partial charge in [-0.3, -0.25) is 0 Å². The van der Waals surface area contributed by atoms with E-state index in [0.717, 1.165) is 6.42 Å². The van der Waals surface area contributed by atoms with Crippen LogP contribution < -0.4 is 0 Å². The molecule has 0 saturated heterocycles. The number of allylic oxidation sites excluding steroid dienone is 2. The zero-order chi connectivity index (χ0) is 9.35. The summed E-state index contributed by atoms with van der Waals surface area (Å²) in [5.74, 6) is 1.05. The lowest BCUT2D eigenvalue weighted by Crippen LogP contribution is -2.28. The molecule has 1 heteroatoms. The van der Waals surface area contributed by atoms with Crippen LogP contribution in [0, 0.1) is 17.3 Å². The number of hydrogen-bond acceptors (Lipinski definition) is 1. The highest BCUT2D eigenvalue weighted by Crippen LogP contribution is 2.46. The summed E-state index contributed by atoms with van der Waals surface area (Å²) in [6, 6.07) is 0. The predicted molar refractivity (Wildman–Crippen MR) is 51.9 cm³/mol. The maximum atomic E-state index is 9.09. The van der Waals surface area contributed by atoms with E-state index in [4.69, 9.17) is 5.11 Å². The number of aliphatic hydroxyl groups excluding tert-OH is 1. The van der Waals surface area contributed by atoms with Crippen molar-refractivity contribution >= 4 is 0 Å². The molecular formula is C11H20O. The largest absolute Gasteiger partial charge is 0.396 e. The normalized spacial score (nSPS) is 30.1. The molecule has 12 heavy (non-hydrogen) atoms. The third kappa shape index (κ3) is 1.42. The van der Waals surface area contributed by atoms with Gasteiger partial charge in [-0.25, -0.2) is 0 Å². The van der Waals surface area contributed by atoms with Gasteiger partial charge in [0.2, 0.25) is 0 Å². The van der Waals surface area contributed by atoms with Crippen molar-refractivity contribution in [3.63, 3.8) is 0 Å². The molecule has 1 aliphatic rings. The van der Waals surface area contributed by atoms with Crippen LogP contribution >= 0.6 is 0 Å². The van der Waals surface area contributed by atoms with Gasteiger partial charge in [0.25, 0.3) is 0 Å².